The quantitative estimate of drug-likeness (QED) is 0.486. The van der Waals surface area contributed by atoms with Gasteiger partial charge >= 0.3 is 0 Å². The summed E-state index contributed by atoms with van der Waals surface area (Å²) in [5, 5.41) is 19.9. The Hall–Kier alpha value is -2.04. The number of rotatable bonds is 0. The molecule has 0 aliphatic carbocycles. The van der Waals surface area contributed by atoms with E-state index in [1.807, 2.05) is 0 Å². The normalized spacial score (nSPS) is 11.9. The molecule has 5 heteroatoms. The third-order valence-corrected chi connectivity index (χ3v) is 1.79. The summed E-state index contributed by atoms with van der Waals surface area (Å²) in [6, 6.07) is 6.76. The van der Waals surface area contributed by atoms with Crippen LogP contribution in [-0.4, -0.2) is 20.4 Å². The van der Waals surface area contributed by atoms with Crippen LogP contribution in [0.4, 0.5) is 0 Å². The predicted octanol–water partition coefficient (Wildman–Crippen LogP) is 0.623. The van der Waals surface area contributed by atoms with Gasteiger partial charge < -0.3 is 5.21 Å². The summed E-state index contributed by atoms with van der Waals surface area (Å²) in [4.78, 5) is 4.19. The standard InChI is InChI=1S/C9H8N4O/c1-6-10-8-4-2-7(13-14)3-5-9(8)12-11-6/h2-5,14H,1H3/b13-7+. The van der Waals surface area contributed by atoms with Crippen molar-refractivity contribution in [2.45, 2.75) is 6.92 Å². The van der Waals surface area contributed by atoms with E-state index in [1.165, 1.54) is 0 Å². The van der Waals surface area contributed by atoms with Crippen LogP contribution in [-0.2, 0) is 0 Å². The number of nitrogens with zero attached hydrogens (tertiary/aromatic N) is 4. The second kappa shape index (κ2) is 3.37. The number of aromatic nitrogens is 3. The molecule has 2 aromatic rings. The van der Waals surface area contributed by atoms with Gasteiger partial charge in [0.05, 0.1) is 5.52 Å². The van der Waals surface area contributed by atoms with Crippen molar-refractivity contribution in [2.24, 2.45) is 5.16 Å². The minimum atomic E-state index is 0.461. The topological polar surface area (TPSA) is 71.3 Å². The summed E-state index contributed by atoms with van der Waals surface area (Å²) in [7, 11) is 0. The number of fused-ring (bicyclic) bond motifs is 1. The maximum absolute atomic E-state index is 8.58. The van der Waals surface area contributed by atoms with Crippen LogP contribution in [0.5, 0.6) is 0 Å². The highest BCUT2D eigenvalue weighted by Crippen LogP contribution is 2.02. The van der Waals surface area contributed by atoms with Gasteiger partial charge in [0.2, 0.25) is 0 Å². The van der Waals surface area contributed by atoms with Gasteiger partial charge in [0.25, 0.3) is 0 Å². The fourth-order valence-corrected chi connectivity index (χ4v) is 1.12. The molecule has 0 aliphatic rings. The van der Waals surface area contributed by atoms with Crippen molar-refractivity contribution >= 4 is 11.0 Å². The summed E-state index contributed by atoms with van der Waals surface area (Å²) in [6.45, 7) is 1.77. The van der Waals surface area contributed by atoms with E-state index in [0.717, 1.165) is 5.52 Å². The van der Waals surface area contributed by atoms with Crippen molar-refractivity contribution in [1.29, 1.82) is 0 Å². The van der Waals surface area contributed by atoms with Crippen LogP contribution in [0.15, 0.2) is 29.4 Å². The molecule has 0 unspecified atom stereocenters. The Morgan fingerprint density at radius 2 is 1.79 bits per heavy atom. The van der Waals surface area contributed by atoms with E-state index < -0.39 is 0 Å². The van der Waals surface area contributed by atoms with E-state index in [9.17, 15) is 0 Å². The first-order chi connectivity index (χ1) is 6.79. The van der Waals surface area contributed by atoms with Gasteiger partial charge in [-0.3, -0.25) is 0 Å². The fourth-order valence-electron chi connectivity index (χ4n) is 1.12. The second-order valence-corrected chi connectivity index (χ2v) is 2.82. The molecule has 0 amide bonds. The lowest BCUT2D eigenvalue weighted by Gasteiger charge is -1.90. The maximum Gasteiger partial charge on any atom is 0.148 e. The smallest absolute Gasteiger partial charge is 0.148 e. The molecule has 0 radical (unpaired) electrons. The van der Waals surface area contributed by atoms with Crippen molar-refractivity contribution in [3.63, 3.8) is 0 Å². The van der Waals surface area contributed by atoms with Gasteiger partial charge in [-0.15, -0.1) is 10.2 Å². The van der Waals surface area contributed by atoms with Crippen molar-refractivity contribution in [3.05, 3.63) is 35.4 Å². The van der Waals surface area contributed by atoms with E-state index in [2.05, 4.69) is 20.3 Å². The van der Waals surface area contributed by atoms with E-state index >= 15 is 0 Å². The van der Waals surface area contributed by atoms with Crippen molar-refractivity contribution in [3.8, 4) is 0 Å². The van der Waals surface area contributed by atoms with Crippen molar-refractivity contribution in [2.75, 3.05) is 0 Å². The minimum absolute atomic E-state index is 0.461. The van der Waals surface area contributed by atoms with Crippen LogP contribution in [0.2, 0.25) is 0 Å². The van der Waals surface area contributed by atoms with Gasteiger partial charge in [-0.2, -0.15) is 0 Å². The van der Waals surface area contributed by atoms with Crippen LogP contribution in [0, 0.1) is 6.92 Å². The Kier molecular flexibility index (Phi) is 2.06. The molecule has 2 rings (SSSR count). The summed E-state index contributed by atoms with van der Waals surface area (Å²) in [5.41, 5.74) is 1.40. The van der Waals surface area contributed by atoms with Crippen molar-refractivity contribution < 1.29 is 5.21 Å². The minimum Gasteiger partial charge on any atom is -0.410 e. The third kappa shape index (κ3) is 1.52. The summed E-state index contributed by atoms with van der Waals surface area (Å²) >= 11 is 0. The Bertz CT molecular complexity index is 538. The molecule has 1 aromatic heterocycles. The zero-order valence-electron chi connectivity index (χ0n) is 7.55. The van der Waals surface area contributed by atoms with Gasteiger partial charge in [0.1, 0.15) is 16.7 Å². The average Bonchev–Trinajstić information content (AvgIpc) is 2.39. The lowest BCUT2D eigenvalue weighted by molar-refractivity contribution is 0.302. The predicted molar refractivity (Wildman–Crippen MR) is 49.4 cm³/mol. The van der Waals surface area contributed by atoms with Gasteiger partial charge in [-0.1, -0.05) is 5.16 Å². The number of hydrogen-bond donors (Lipinski definition) is 1. The summed E-state index contributed by atoms with van der Waals surface area (Å²) in [6.07, 6.45) is 0. The number of hydrogen-bond acceptors (Lipinski definition) is 5. The van der Waals surface area contributed by atoms with E-state index in [4.69, 9.17) is 5.21 Å². The molecule has 70 valence electrons. The zero-order valence-corrected chi connectivity index (χ0v) is 7.55. The van der Waals surface area contributed by atoms with Gasteiger partial charge in [0.15, 0.2) is 0 Å². The van der Waals surface area contributed by atoms with Gasteiger partial charge in [-0.25, -0.2) is 4.98 Å². The van der Waals surface area contributed by atoms with Crippen LogP contribution >= 0.6 is 0 Å². The molecule has 1 N–H and O–H groups in total. The second-order valence-electron chi connectivity index (χ2n) is 2.82. The van der Waals surface area contributed by atoms with Gasteiger partial charge in [0, 0.05) is 0 Å². The van der Waals surface area contributed by atoms with E-state index in [-0.39, 0.29) is 0 Å². The van der Waals surface area contributed by atoms with Crippen LogP contribution in [0.25, 0.3) is 11.0 Å². The molecule has 0 fully saturated rings. The Morgan fingerprint density at radius 3 is 2.50 bits per heavy atom. The van der Waals surface area contributed by atoms with Crippen LogP contribution in [0.1, 0.15) is 5.82 Å². The third-order valence-electron chi connectivity index (χ3n) is 1.79. The van der Waals surface area contributed by atoms with Crippen LogP contribution < -0.4 is 5.36 Å². The SMILES string of the molecule is Cc1nnc2cc/c(=N/O)ccc2n1. The Labute approximate surface area is 79.8 Å². The molecule has 14 heavy (non-hydrogen) atoms. The highest BCUT2D eigenvalue weighted by atomic mass is 16.4. The lowest BCUT2D eigenvalue weighted by Crippen LogP contribution is -1.93. The molecule has 0 saturated carbocycles. The van der Waals surface area contributed by atoms with Crippen molar-refractivity contribution in [1.82, 2.24) is 15.2 Å². The first kappa shape index (κ1) is 8.55. The van der Waals surface area contributed by atoms with E-state index in [0.29, 0.717) is 16.7 Å². The molecule has 0 spiro atoms. The molecule has 0 saturated heterocycles. The zero-order chi connectivity index (χ0) is 9.97. The average molecular weight is 188 g/mol. The van der Waals surface area contributed by atoms with Gasteiger partial charge in [-0.05, 0) is 31.2 Å². The highest BCUT2D eigenvalue weighted by molar-refractivity contribution is 5.71. The Morgan fingerprint density at radius 1 is 1.07 bits per heavy atom. The molecule has 1 aromatic carbocycles. The summed E-state index contributed by atoms with van der Waals surface area (Å²) in [5.74, 6) is 0.617. The molecular formula is C9H8N4O. The number of aryl methyl sites for hydroxylation is 1. The first-order valence-electron chi connectivity index (χ1n) is 4.09. The Balaban J connectivity index is 2.84. The molecule has 0 atom stereocenters. The van der Waals surface area contributed by atoms with E-state index in [1.54, 1.807) is 31.2 Å². The molecule has 0 bridgehead atoms. The first-order valence-corrected chi connectivity index (χ1v) is 4.09. The largest absolute Gasteiger partial charge is 0.410 e. The molecular weight excluding hydrogens is 180 g/mol. The fraction of sp³-hybridized carbons (Fsp3) is 0.111. The monoisotopic (exact) mass is 188 g/mol. The molecule has 1 heterocycles. The van der Waals surface area contributed by atoms with Crippen LogP contribution in [0.3, 0.4) is 0 Å². The molecule has 5 nitrogen and oxygen atoms in total. The highest BCUT2D eigenvalue weighted by Gasteiger charge is 1.94. The summed E-state index contributed by atoms with van der Waals surface area (Å²) < 4.78 is 0. The lowest BCUT2D eigenvalue weighted by atomic mass is 10.4. The maximum atomic E-state index is 8.58. The molecule has 0 aliphatic heterocycles.